The second-order valence-electron chi connectivity index (χ2n) is 5.46. The van der Waals surface area contributed by atoms with Gasteiger partial charge in [0.25, 0.3) is 0 Å². The Morgan fingerprint density at radius 3 is 2.46 bits per heavy atom. The van der Waals surface area contributed by atoms with E-state index >= 15 is 0 Å². The second kappa shape index (κ2) is 8.42. The van der Waals surface area contributed by atoms with E-state index in [4.69, 9.17) is 14.4 Å². The van der Waals surface area contributed by atoms with E-state index in [9.17, 15) is 13.0 Å². The highest BCUT2D eigenvalue weighted by Crippen LogP contribution is 2.40. The summed E-state index contributed by atoms with van der Waals surface area (Å²) in [5, 5.41) is 0. The molecule has 136 valence electrons. The van der Waals surface area contributed by atoms with Gasteiger partial charge in [0.2, 0.25) is 0 Å². The van der Waals surface area contributed by atoms with Crippen LogP contribution in [-0.4, -0.2) is 64.3 Å². The molecule has 2 rings (SSSR count). The summed E-state index contributed by atoms with van der Waals surface area (Å²) in [4.78, 5) is 11.1. The normalized spacial score (nSPS) is 18.9. The van der Waals surface area contributed by atoms with Gasteiger partial charge in [-0.2, -0.15) is 12.4 Å². The van der Waals surface area contributed by atoms with Gasteiger partial charge in [-0.15, -0.1) is 0 Å². The van der Waals surface area contributed by atoms with Crippen LogP contribution in [0.25, 0.3) is 0 Å². The molecule has 0 saturated carbocycles. The highest BCUT2D eigenvalue weighted by Gasteiger charge is 2.24. The molecule has 1 fully saturated rings. The molecule has 1 heterocycles. The number of rotatable bonds is 8. The molecule has 1 aliphatic rings. The van der Waals surface area contributed by atoms with Crippen LogP contribution in [0.3, 0.4) is 0 Å². The van der Waals surface area contributed by atoms with Crippen LogP contribution >= 0.6 is 7.60 Å². The molecule has 1 unspecified atom stereocenters. The van der Waals surface area contributed by atoms with Crippen molar-refractivity contribution in [2.45, 2.75) is 11.3 Å². The molecule has 0 bridgehead atoms. The van der Waals surface area contributed by atoms with E-state index < -0.39 is 17.7 Å². The van der Waals surface area contributed by atoms with Crippen molar-refractivity contribution < 1.29 is 31.3 Å². The summed E-state index contributed by atoms with van der Waals surface area (Å²) in [6, 6.07) is 5.54. The first-order valence-electron chi connectivity index (χ1n) is 7.56. The van der Waals surface area contributed by atoms with Gasteiger partial charge in [0, 0.05) is 26.3 Å². The number of morpholine rings is 1. The zero-order valence-electron chi connectivity index (χ0n) is 13.5. The minimum absolute atomic E-state index is 0.195. The summed E-state index contributed by atoms with van der Waals surface area (Å²) in [5.41, 5.74) is 0. The van der Waals surface area contributed by atoms with Gasteiger partial charge in [-0.3, -0.25) is 9.46 Å². The lowest BCUT2D eigenvalue weighted by molar-refractivity contribution is 0.0358. The highest BCUT2D eigenvalue weighted by atomic mass is 32.2. The van der Waals surface area contributed by atoms with Crippen molar-refractivity contribution in [1.29, 1.82) is 0 Å². The van der Waals surface area contributed by atoms with Gasteiger partial charge in [0.05, 0.1) is 24.7 Å². The summed E-state index contributed by atoms with van der Waals surface area (Å²) in [6.45, 7) is 5.63. The van der Waals surface area contributed by atoms with Crippen LogP contribution in [0.4, 0.5) is 0 Å². The van der Waals surface area contributed by atoms with E-state index in [1.54, 1.807) is 0 Å². The Morgan fingerprint density at radius 2 is 1.88 bits per heavy atom. The highest BCUT2D eigenvalue weighted by molar-refractivity contribution is 7.91. The van der Waals surface area contributed by atoms with E-state index in [-0.39, 0.29) is 4.90 Å². The third-order valence-corrected chi connectivity index (χ3v) is 6.08. The molecule has 0 spiro atoms. The van der Waals surface area contributed by atoms with Gasteiger partial charge >= 0.3 is 17.7 Å². The third-order valence-electron chi connectivity index (χ3n) is 3.34. The lowest BCUT2D eigenvalue weighted by atomic mass is 10.3. The Balaban J connectivity index is 1.80. The zero-order chi connectivity index (χ0) is 17.6. The Morgan fingerprint density at radius 1 is 1.25 bits per heavy atom. The average Bonchev–Trinajstić information content (AvgIpc) is 2.51. The zero-order valence-corrected chi connectivity index (χ0v) is 15.2. The van der Waals surface area contributed by atoms with Crippen molar-refractivity contribution >= 4 is 17.7 Å². The molecule has 8 nitrogen and oxygen atoms in total. The Labute approximate surface area is 142 Å². The molecule has 0 aliphatic carbocycles. The van der Waals surface area contributed by atoms with E-state index in [1.165, 1.54) is 24.3 Å². The second-order valence-corrected chi connectivity index (χ2v) is 9.04. The summed E-state index contributed by atoms with van der Waals surface area (Å²) in [7, 11) is -8.39. The smallest absolute Gasteiger partial charge is 0.339 e. The van der Waals surface area contributed by atoms with Crippen molar-refractivity contribution in [2.24, 2.45) is 0 Å². The molecule has 10 heteroatoms. The number of benzene rings is 1. The number of ether oxygens (including phenoxy) is 2. The molecule has 0 amide bonds. The molecule has 1 aromatic rings. The van der Waals surface area contributed by atoms with Crippen LogP contribution in [0.15, 0.2) is 29.2 Å². The van der Waals surface area contributed by atoms with Crippen LogP contribution in [0.2, 0.25) is 0 Å². The predicted octanol–water partition coefficient (Wildman–Crippen LogP) is 1.31. The lowest BCUT2D eigenvalue weighted by Gasteiger charge is -2.26. The standard InChI is InChI=1S/C14H22NO7PS/c1-23(16,17)22-24(18,19)14-5-3-13(4-6-14)21-10-2-7-15-8-11-20-12-9-15/h3-6H,2,7-12H2,1H3,(H,16,17). The quantitative estimate of drug-likeness (QED) is 0.533. The topological polar surface area (TPSA) is 102 Å². The summed E-state index contributed by atoms with van der Waals surface area (Å²) in [5.74, 6) is 0.527. The summed E-state index contributed by atoms with van der Waals surface area (Å²) >= 11 is 0. The molecule has 1 N–H and O–H groups in total. The monoisotopic (exact) mass is 379 g/mol. The summed E-state index contributed by atoms with van der Waals surface area (Å²) < 4.78 is 49.8. The van der Waals surface area contributed by atoms with E-state index in [1.807, 2.05) is 0 Å². The number of nitrogens with zero attached hydrogens (tertiary/aromatic N) is 1. The number of hydrogen-bond acceptors (Lipinski definition) is 7. The van der Waals surface area contributed by atoms with Gasteiger partial charge in [-0.25, -0.2) is 0 Å². The fourth-order valence-corrected chi connectivity index (χ4v) is 4.50. The maximum Gasteiger partial charge on any atom is 0.339 e. The fraction of sp³-hybridized carbons (Fsp3) is 0.571. The minimum Gasteiger partial charge on any atom is -0.494 e. The average molecular weight is 379 g/mol. The molecule has 1 aliphatic heterocycles. The number of hydrogen-bond donors (Lipinski definition) is 1. The molecular formula is C14H22NO7PS. The van der Waals surface area contributed by atoms with E-state index in [2.05, 4.69) is 8.87 Å². The van der Waals surface area contributed by atoms with Crippen LogP contribution in [0.1, 0.15) is 6.42 Å². The molecule has 24 heavy (non-hydrogen) atoms. The van der Waals surface area contributed by atoms with Gasteiger partial charge in [-0.1, -0.05) is 0 Å². The Hall–Kier alpha value is -0.960. The summed E-state index contributed by atoms with van der Waals surface area (Å²) in [6.07, 6.45) is 0.854. The van der Waals surface area contributed by atoms with Crippen LogP contribution in [-0.2, 0) is 23.4 Å². The molecular weight excluding hydrogens is 357 g/mol. The van der Waals surface area contributed by atoms with E-state index in [0.717, 1.165) is 45.9 Å². The first kappa shape index (κ1) is 19.4. The van der Waals surface area contributed by atoms with Gasteiger partial charge in [0.1, 0.15) is 5.75 Å². The Bertz CT molecular complexity index is 665. The molecule has 1 aromatic carbocycles. The van der Waals surface area contributed by atoms with Gasteiger partial charge < -0.3 is 14.4 Å². The van der Waals surface area contributed by atoms with Crippen molar-refractivity contribution in [3.63, 3.8) is 0 Å². The predicted molar refractivity (Wildman–Crippen MR) is 87.8 cm³/mol. The van der Waals surface area contributed by atoms with Crippen molar-refractivity contribution in [1.82, 2.24) is 4.90 Å². The molecule has 1 saturated heterocycles. The first-order valence-corrected chi connectivity index (χ1v) is 11.0. The van der Waals surface area contributed by atoms with Crippen molar-refractivity contribution in [2.75, 3.05) is 46.1 Å². The first-order chi connectivity index (χ1) is 11.3. The molecule has 0 aromatic heterocycles. The Kier molecular flexibility index (Phi) is 6.79. The van der Waals surface area contributed by atoms with Gasteiger partial charge in [-0.05, 0) is 30.7 Å². The van der Waals surface area contributed by atoms with Crippen LogP contribution in [0, 0.1) is 0 Å². The van der Waals surface area contributed by atoms with Crippen molar-refractivity contribution in [3.8, 4) is 5.75 Å². The van der Waals surface area contributed by atoms with E-state index in [0.29, 0.717) is 12.4 Å². The largest absolute Gasteiger partial charge is 0.494 e. The molecule has 1 atom stereocenters. The fourth-order valence-electron chi connectivity index (χ4n) is 2.23. The SMILES string of the molecule is CP(=O)(O)OS(=O)(=O)c1ccc(OCCCN2CCOCC2)cc1. The maximum absolute atomic E-state index is 11.8. The van der Waals surface area contributed by atoms with Crippen molar-refractivity contribution in [3.05, 3.63) is 24.3 Å². The molecule has 0 radical (unpaired) electrons. The lowest BCUT2D eigenvalue weighted by Crippen LogP contribution is -2.37. The van der Waals surface area contributed by atoms with Crippen LogP contribution < -0.4 is 4.74 Å². The van der Waals surface area contributed by atoms with Gasteiger partial charge in [0.15, 0.2) is 0 Å². The third kappa shape index (κ3) is 6.51. The maximum atomic E-state index is 11.8. The minimum atomic E-state index is -4.26. The van der Waals surface area contributed by atoms with Crippen LogP contribution in [0.5, 0.6) is 5.75 Å².